The summed E-state index contributed by atoms with van der Waals surface area (Å²) in [6.45, 7) is 10.0. The second-order valence-electron chi connectivity index (χ2n) is 5.74. The van der Waals surface area contributed by atoms with E-state index in [0.717, 1.165) is 31.1 Å². The van der Waals surface area contributed by atoms with E-state index in [1.807, 2.05) is 0 Å². The number of rotatable bonds is 9. The lowest BCUT2D eigenvalue weighted by Gasteiger charge is -2.36. The first kappa shape index (κ1) is 16.0. The highest BCUT2D eigenvalue weighted by Gasteiger charge is 2.28. The second-order valence-corrected chi connectivity index (χ2v) is 5.74. The van der Waals surface area contributed by atoms with E-state index in [1.165, 1.54) is 51.5 Å². The molecule has 0 aliphatic carbocycles. The van der Waals surface area contributed by atoms with Crippen LogP contribution in [0.4, 0.5) is 0 Å². The summed E-state index contributed by atoms with van der Waals surface area (Å²) in [5, 5.41) is 3.84. The van der Waals surface area contributed by atoms with Gasteiger partial charge in [-0.3, -0.25) is 0 Å². The molecule has 1 fully saturated rings. The lowest BCUT2D eigenvalue weighted by molar-refractivity contribution is 0.0429. The fourth-order valence-electron chi connectivity index (χ4n) is 3.21. The van der Waals surface area contributed by atoms with Gasteiger partial charge < -0.3 is 10.1 Å². The molecule has 1 aliphatic rings. The third-order valence-corrected chi connectivity index (χ3v) is 4.36. The summed E-state index contributed by atoms with van der Waals surface area (Å²) in [5.41, 5.74) is 0. The zero-order chi connectivity index (χ0) is 13.2. The molecule has 1 N–H and O–H groups in total. The van der Waals surface area contributed by atoms with Crippen LogP contribution in [0.25, 0.3) is 0 Å². The van der Waals surface area contributed by atoms with E-state index in [2.05, 4.69) is 26.1 Å². The van der Waals surface area contributed by atoms with Crippen LogP contribution >= 0.6 is 0 Å². The van der Waals surface area contributed by atoms with E-state index in [4.69, 9.17) is 4.74 Å². The Hall–Kier alpha value is -0.0800. The molecular weight excluding hydrogens is 222 g/mol. The summed E-state index contributed by atoms with van der Waals surface area (Å²) in [4.78, 5) is 0. The van der Waals surface area contributed by atoms with Crippen molar-refractivity contribution < 1.29 is 4.74 Å². The molecule has 2 atom stereocenters. The van der Waals surface area contributed by atoms with Crippen LogP contribution < -0.4 is 5.32 Å². The summed E-state index contributed by atoms with van der Waals surface area (Å²) >= 11 is 0. The highest BCUT2D eigenvalue weighted by molar-refractivity contribution is 4.84. The largest absolute Gasteiger partial charge is 0.381 e. The standard InChI is InChI=1S/C16H33NO/c1-4-7-8-14(6-3)16(17-11-5-2)15-9-12-18-13-10-15/h14-17H,4-13H2,1-3H3. The van der Waals surface area contributed by atoms with Crippen molar-refractivity contribution in [3.8, 4) is 0 Å². The van der Waals surface area contributed by atoms with Gasteiger partial charge in [-0.25, -0.2) is 0 Å². The minimum Gasteiger partial charge on any atom is -0.381 e. The second kappa shape index (κ2) is 9.80. The Balaban J connectivity index is 2.54. The molecule has 1 heterocycles. The molecule has 18 heavy (non-hydrogen) atoms. The quantitative estimate of drug-likeness (QED) is 0.672. The van der Waals surface area contributed by atoms with Crippen molar-refractivity contribution in [2.45, 2.75) is 71.8 Å². The molecule has 0 bridgehead atoms. The average molecular weight is 255 g/mol. The summed E-state index contributed by atoms with van der Waals surface area (Å²) in [5.74, 6) is 1.70. The van der Waals surface area contributed by atoms with Crippen LogP contribution in [0, 0.1) is 11.8 Å². The van der Waals surface area contributed by atoms with Crippen molar-refractivity contribution >= 4 is 0 Å². The average Bonchev–Trinajstić information content (AvgIpc) is 2.43. The normalized spacial score (nSPS) is 20.8. The first-order chi connectivity index (χ1) is 8.83. The topological polar surface area (TPSA) is 21.3 Å². The molecule has 2 nitrogen and oxygen atoms in total. The minimum atomic E-state index is 0.727. The zero-order valence-corrected chi connectivity index (χ0v) is 12.7. The van der Waals surface area contributed by atoms with Gasteiger partial charge >= 0.3 is 0 Å². The van der Waals surface area contributed by atoms with Crippen molar-refractivity contribution in [3.63, 3.8) is 0 Å². The van der Waals surface area contributed by atoms with E-state index in [-0.39, 0.29) is 0 Å². The minimum absolute atomic E-state index is 0.727. The van der Waals surface area contributed by atoms with Crippen LogP contribution in [0.1, 0.15) is 65.7 Å². The number of hydrogen-bond acceptors (Lipinski definition) is 2. The molecule has 0 aromatic rings. The van der Waals surface area contributed by atoms with E-state index in [9.17, 15) is 0 Å². The molecule has 0 spiro atoms. The molecule has 1 saturated heterocycles. The fraction of sp³-hybridized carbons (Fsp3) is 1.00. The molecule has 1 rings (SSSR count). The third kappa shape index (κ3) is 5.27. The van der Waals surface area contributed by atoms with Gasteiger partial charge in [0.05, 0.1) is 0 Å². The highest BCUT2D eigenvalue weighted by atomic mass is 16.5. The summed E-state index contributed by atoms with van der Waals surface area (Å²) in [6, 6.07) is 0.727. The lowest BCUT2D eigenvalue weighted by Crippen LogP contribution is -2.44. The third-order valence-electron chi connectivity index (χ3n) is 4.36. The Kier molecular flexibility index (Phi) is 8.70. The van der Waals surface area contributed by atoms with Crippen LogP contribution in [0.2, 0.25) is 0 Å². The van der Waals surface area contributed by atoms with Gasteiger partial charge in [0.25, 0.3) is 0 Å². The van der Waals surface area contributed by atoms with Crippen LogP contribution in [0.3, 0.4) is 0 Å². The maximum Gasteiger partial charge on any atom is 0.0469 e. The Morgan fingerprint density at radius 2 is 1.83 bits per heavy atom. The molecule has 2 heteroatoms. The molecule has 108 valence electrons. The van der Waals surface area contributed by atoms with E-state index in [0.29, 0.717) is 0 Å². The van der Waals surface area contributed by atoms with E-state index in [1.54, 1.807) is 0 Å². The molecule has 0 aromatic carbocycles. The molecule has 0 amide bonds. The Labute approximate surface area is 114 Å². The van der Waals surface area contributed by atoms with E-state index >= 15 is 0 Å². The van der Waals surface area contributed by atoms with Crippen LogP contribution in [0.5, 0.6) is 0 Å². The van der Waals surface area contributed by atoms with Crippen LogP contribution in [0.15, 0.2) is 0 Å². The van der Waals surface area contributed by atoms with Crippen molar-refractivity contribution in [2.24, 2.45) is 11.8 Å². The Bertz CT molecular complexity index is 190. The van der Waals surface area contributed by atoms with Gasteiger partial charge in [0.2, 0.25) is 0 Å². The Morgan fingerprint density at radius 3 is 2.39 bits per heavy atom. The molecular formula is C16H33NO. The summed E-state index contributed by atoms with van der Waals surface area (Å²) < 4.78 is 5.52. The first-order valence-electron chi connectivity index (χ1n) is 8.14. The first-order valence-corrected chi connectivity index (χ1v) is 8.14. The van der Waals surface area contributed by atoms with Gasteiger partial charge in [-0.2, -0.15) is 0 Å². The lowest BCUT2D eigenvalue weighted by atomic mass is 9.80. The van der Waals surface area contributed by atoms with Crippen LogP contribution in [-0.2, 0) is 4.74 Å². The summed E-state index contributed by atoms with van der Waals surface area (Å²) in [6.07, 6.45) is 9.17. The number of unbranched alkanes of at least 4 members (excludes halogenated alkanes) is 1. The van der Waals surface area contributed by atoms with Crippen LogP contribution in [-0.4, -0.2) is 25.8 Å². The summed E-state index contributed by atoms with van der Waals surface area (Å²) in [7, 11) is 0. The van der Waals surface area contributed by atoms with E-state index < -0.39 is 0 Å². The number of hydrogen-bond donors (Lipinski definition) is 1. The molecule has 0 aromatic heterocycles. The molecule has 0 radical (unpaired) electrons. The zero-order valence-electron chi connectivity index (χ0n) is 12.7. The SMILES string of the molecule is CCCCC(CC)C(NCCC)C1CCOCC1. The van der Waals surface area contributed by atoms with Crippen molar-refractivity contribution in [1.29, 1.82) is 0 Å². The number of nitrogens with one attached hydrogen (secondary N) is 1. The predicted molar refractivity (Wildman–Crippen MR) is 78.9 cm³/mol. The Morgan fingerprint density at radius 1 is 1.11 bits per heavy atom. The van der Waals surface area contributed by atoms with Gasteiger partial charge in [0.15, 0.2) is 0 Å². The van der Waals surface area contributed by atoms with Gasteiger partial charge in [-0.15, -0.1) is 0 Å². The molecule has 2 unspecified atom stereocenters. The van der Waals surface area contributed by atoms with Gasteiger partial charge in [0, 0.05) is 19.3 Å². The molecule has 1 aliphatic heterocycles. The van der Waals surface area contributed by atoms with Gasteiger partial charge in [0.1, 0.15) is 0 Å². The monoisotopic (exact) mass is 255 g/mol. The molecule has 0 saturated carbocycles. The van der Waals surface area contributed by atoms with Crippen molar-refractivity contribution in [1.82, 2.24) is 5.32 Å². The van der Waals surface area contributed by atoms with Crippen molar-refractivity contribution in [3.05, 3.63) is 0 Å². The fourth-order valence-corrected chi connectivity index (χ4v) is 3.21. The smallest absolute Gasteiger partial charge is 0.0469 e. The van der Waals surface area contributed by atoms with Crippen molar-refractivity contribution in [2.75, 3.05) is 19.8 Å². The van der Waals surface area contributed by atoms with Gasteiger partial charge in [-0.1, -0.05) is 40.0 Å². The maximum absolute atomic E-state index is 5.52. The predicted octanol–water partition coefficient (Wildman–Crippen LogP) is 4.00. The number of ether oxygens (including phenoxy) is 1. The highest BCUT2D eigenvalue weighted by Crippen LogP contribution is 2.28. The van der Waals surface area contributed by atoms with Gasteiger partial charge in [-0.05, 0) is 44.1 Å². The maximum atomic E-state index is 5.52.